The standard InChI is InChI=1S/C14H20N2O6S/c1-14(2)21-9-8(5-17)20-12(10(9)22-14)16-4-7(6-19-3)11(18)15-13(16)23/h4,8-10,12,17H,5-6H2,1-3H3,(H,15,18,23)/t8-,9-,10-,12-/m1/s1. The molecular weight excluding hydrogens is 324 g/mol. The van der Waals surface area contributed by atoms with Crippen LogP contribution in [0.25, 0.3) is 0 Å². The summed E-state index contributed by atoms with van der Waals surface area (Å²) < 4.78 is 24.4. The van der Waals surface area contributed by atoms with Crippen LogP contribution in [0.2, 0.25) is 0 Å². The van der Waals surface area contributed by atoms with Gasteiger partial charge in [-0.2, -0.15) is 0 Å². The highest BCUT2D eigenvalue weighted by Crippen LogP contribution is 2.42. The minimum Gasteiger partial charge on any atom is -0.394 e. The van der Waals surface area contributed by atoms with E-state index in [1.54, 1.807) is 24.6 Å². The van der Waals surface area contributed by atoms with Crippen LogP contribution in [0.15, 0.2) is 11.0 Å². The Morgan fingerprint density at radius 2 is 2.13 bits per heavy atom. The van der Waals surface area contributed by atoms with E-state index in [0.717, 1.165) is 0 Å². The van der Waals surface area contributed by atoms with Crippen LogP contribution < -0.4 is 5.56 Å². The Morgan fingerprint density at radius 3 is 2.78 bits per heavy atom. The molecule has 3 rings (SSSR count). The third-order valence-corrected chi connectivity index (χ3v) is 4.23. The number of hydrogen-bond donors (Lipinski definition) is 2. The molecule has 9 heteroatoms. The van der Waals surface area contributed by atoms with E-state index >= 15 is 0 Å². The van der Waals surface area contributed by atoms with Crippen LogP contribution >= 0.6 is 12.2 Å². The number of fused-ring (bicyclic) bond motifs is 1. The van der Waals surface area contributed by atoms with E-state index in [-0.39, 0.29) is 23.5 Å². The molecule has 0 unspecified atom stereocenters. The molecule has 0 amide bonds. The van der Waals surface area contributed by atoms with Crippen molar-refractivity contribution in [1.82, 2.24) is 9.55 Å². The van der Waals surface area contributed by atoms with E-state index in [1.165, 1.54) is 7.11 Å². The number of aromatic amines is 1. The normalized spacial score (nSPS) is 32.2. The molecule has 128 valence electrons. The van der Waals surface area contributed by atoms with E-state index in [4.69, 9.17) is 31.2 Å². The molecule has 2 aliphatic heterocycles. The highest BCUT2D eigenvalue weighted by molar-refractivity contribution is 7.71. The molecule has 0 spiro atoms. The van der Waals surface area contributed by atoms with E-state index in [2.05, 4.69) is 4.98 Å². The predicted octanol–water partition coefficient (Wildman–Crippen LogP) is 0.462. The average Bonchev–Trinajstić information content (AvgIpc) is 2.95. The second kappa shape index (κ2) is 6.08. The molecule has 4 atom stereocenters. The Bertz CT molecular complexity index is 699. The van der Waals surface area contributed by atoms with Crippen molar-refractivity contribution >= 4 is 12.2 Å². The van der Waals surface area contributed by atoms with Crippen molar-refractivity contribution in [3.05, 3.63) is 26.9 Å². The van der Waals surface area contributed by atoms with Crippen molar-refractivity contribution in [3.8, 4) is 0 Å². The highest BCUT2D eigenvalue weighted by atomic mass is 32.1. The zero-order valence-corrected chi connectivity index (χ0v) is 14.0. The van der Waals surface area contributed by atoms with E-state index < -0.39 is 30.3 Å². The lowest BCUT2D eigenvalue weighted by molar-refractivity contribution is -0.200. The van der Waals surface area contributed by atoms with Gasteiger partial charge in [-0.05, 0) is 26.1 Å². The number of aromatic nitrogens is 2. The third-order valence-electron chi connectivity index (χ3n) is 3.92. The largest absolute Gasteiger partial charge is 0.394 e. The number of hydrogen-bond acceptors (Lipinski definition) is 7. The van der Waals surface area contributed by atoms with E-state index in [1.807, 2.05) is 0 Å². The summed E-state index contributed by atoms with van der Waals surface area (Å²) >= 11 is 5.24. The number of aliphatic hydroxyl groups excluding tert-OH is 1. The first-order valence-electron chi connectivity index (χ1n) is 7.31. The summed E-state index contributed by atoms with van der Waals surface area (Å²) in [5, 5.41) is 9.53. The van der Waals surface area contributed by atoms with Crippen molar-refractivity contribution in [1.29, 1.82) is 0 Å². The Balaban J connectivity index is 2.00. The molecule has 0 radical (unpaired) electrons. The van der Waals surface area contributed by atoms with Gasteiger partial charge in [0.25, 0.3) is 5.56 Å². The Kier molecular flexibility index (Phi) is 4.43. The van der Waals surface area contributed by atoms with Gasteiger partial charge in [-0.15, -0.1) is 0 Å². The molecule has 23 heavy (non-hydrogen) atoms. The molecule has 1 aromatic rings. The predicted molar refractivity (Wildman–Crippen MR) is 81.4 cm³/mol. The van der Waals surface area contributed by atoms with Crippen LogP contribution in [0.5, 0.6) is 0 Å². The molecule has 0 aliphatic carbocycles. The molecule has 8 nitrogen and oxygen atoms in total. The van der Waals surface area contributed by atoms with Crippen LogP contribution in [0.1, 0.15) is 25.6 Å². The van der Waals surface area contributed by atoms with Gasteiger partial charge in [-0.25, -0.2) is 0 Å². The molecule has 2 aliphatic rings. The zero-order chi connectivity index (χ0) is 16.8. The second-order valence-corrected chi connectivity index (χ2v) is 6.45. The monoisotopic (exact) mass is 344 g/mol. The summed E-state index contributed by atoms with van der Waals surface area (Å²) in [4.78, 5) is 14.5. The molecule has 2 saturated heterocycles. The molecule has 1 aromatic heterocycles. The maximum atomic E-state index is 11.9. The summed E-state index contributed by atoms with van der Waals surface area (Å²) in [5.74, 6) is -0.773. The van der Waals surface area contributed by atoms with Crippen molar-refractivity contribution < 1.29 is 24.1 Å². The first kappa shape index (κ1) is 16.7. The summed E-state index contributed by atoms with van der Waals surface area (Å²) in [5.41, 5.74) is 0.122. The first-order chi connectivity index (χ1) is 10.9. The minimum atomic E-state index is -0.773. The van der Waals surface area contributed by atoms with Crippen LogP contribution in [0.3, 0.4) is 0 Å². The van der Waals surface area contributed by atoms with Gasteiger partial charge in [0.05, 0.1) is 18.8 Å². The van der Waals surface area contributed by atoms with E-state index in [9.17, 15) is 9.90 Å². The lowest BCUT2D eigenvalue weighted by Gasteiger charge is -2.25. The summed E-state index contributed by atoms with van der Waals surface area (Å²) in [6.45, 7) is 3.56. The first-order valence-corrected chi connectivity index (χ1v) is 7.72. The van der Waals surface area contributed by atoms with Gasteiger partial charge < -0.3 is 24.1 Å². The minimum absolute atomic E-state index is 0.151. The van der Waals surface area contributed by atoms with Crippen molar-refractivity contribution in [2.75, 3.05) is 13.7 Å². The Hall–Kier alpha value is -1.10. The van der Waals surface area contributed by atoms with Gasteiger partial charge in [0.2, 0.25) is 0 Å². The summed E-state index contributed by atoms with van der Waals surface area (Å²) in [7, 11) is 1.51. The van der Waals surface area contributed by atoms with Crippen molar-refractivity contribution in [2.24, 2.45) is 0 Å². The fourth-order valence-corrected chi connectivity index (χ4v) is 3.25. The lowest BCUT2D eigenvalue weighted by Crippen LogP contribution is -2.31. The van der Waals surface area contributed by atoms with Gasteiger partial charge in [0, 0.05) is 13.3 Å². The Labute approximate surface area is 137 Å². The SMILES string of the molecule is COCc1cn([C@@H]2O[C@H](CO)[C@H]3OC(C)(C)O[C@H]32)c(=S)[nH]c1=O. The molecule has 2 N–H and O–H groups in total. The van der Waals surface area contributed by atoms with Gasteiger partial charge >= 0.3 is 0 Å². The van der Waals surface area contributed by atoms with Gasteiger partial charge in [0.15, 0.2) is 16.8 Å². The number of methoxy groups -OCH3 is 1. The molecular formula is C14H20N2O6S. The number of rotatable bonds is 4. The second-order valence-electron chi connectivity index (χ2n) is 6.07. The van der Waals surface area contributed by atoms with Crippen LogP contribution in [-0.2, 0) is 25.6 Å². The molecule has 3 heterocycles. The topological polar surface area (TPSA) is 94.9 Å². The fraction of sp³-hybridized carbons (Fsp3) is 0.714. The van der Waals surface area contributed by atoms with E-state index in [0.29, 0.717) is 5.56 Å². The maximum Gasteiger partial charge on any atom is 0.257 e. The zero-order valence-electron chi connectivity index (χ0n) is 13.1. The number of aliphatic hydroxyl groups is 1. The molecule has 2 fully saturated rings. The molecule has 0 aromatic carbocycles. The van der Waals surface area contributed by atoms with Crippen molar-refractivity contribution in [2.45, 2.75) is 50.8 Å². The maximum absolute atomic E-state index is 11.9. The van der Waals surface area contributed by atoms with Crippen LogP contribution in [0, 0.1) is 4.77 Å². The summed E-state index contributed by atoms with van der Waals surface area (Å²) in [6, 6.07) is 0. The van der Waals surface area contributed by atoms with Gasteiger partial charge in [0.1, 0.15) is 18.3 Å². The highest BCUT2D eigenvalue weighted by Gasteiger charge is 2.55. The number of H-pyrrole nitrogens is 1. The molecule has 0 saturated carbocycles. The number of ether oxygens (including phenoxy) is 4. The quantitative estimate of drug-likeness (QED) is 0.766. The summed E-state index contributed by atoms with van der Waals surface area (Å²) in [6.07, 6.45) is -0.360. The lowest BCUT2D eigenvalue weighted by atomic mass is 10.1. The third kappa shape index (κ3) is 3.00. The van der Waals surface area contributed by atoms with Gasteiger partial charge in [-0.3, -0.25) is 14.3 Å². The van der Waals surface area contributed by atoms with Gasteiger partial charge in [-0.1, -0.05) is 0 Å². The van der Waals surface area contributed by atoms with Crippen LogP contribution in [-0.4, -0.2) is 52.5 Å². The number of nitrogens with zero attached hydrogens (tertiary/aromatic N) is 1. The average molecular weight is 344 g/mol. The van der Waals surface area contributed by atoms with Crippen molar-refractivity contribution in [3.63, 3.8) is 0 Å². The number of nitrogens with one attached hydrogen (secondary N) is 1. The smallest absolute Gasteiger partial charge is 0.257 e. The molecule has 0 bridgehead atoms. The van der Waals surface area contributed by atoms with Crippen LogP contribution in [0.4, 0.5) is 0 Å². The Morgan fingerprint density at radius 1 is 1.43 bits per heavy atom. The fourth-order valence-electron chi connectivity index (χ4n) is 3.00.